The molecule has 0 saturated heterocycles. The summed E-state index contributed by atoms with van der Waals surface area (Å²) < 4.78 is 5.34. The number of ether oxygens (including phenoxy) is 1. The molecule has 0 bridgehead atoms. The number of rotatable bonds is 7. The first kappa shape index (κ1) is 20.5. The molecule has 2 N–H and O–H groups in total. The van der Waals surface area contributed by atoms with E-state index in [4.69, 9.17) is 4.74 Å². The third-order valence-electron chi connectivity index (χ3n) is 4.91. The first-order valence-electron chi connectivity index (χ1n) is 9.87. The molecule has 0 spiro atoms. The van der Waals surface area contributed by atoms with Crippen LogP contribution in [0.3, 0.4) is 0 Å². The number of urea groups is 1. The normalized spacial score (nSPS) is 16.1. The van der Waals surface area contributed by atoms with Gasteiger partial charge in [-0.1, -0.05) is 48.0 Å². The summed E-state index contributed by atoms with van der Waals surface area (Å²) in [6.45, 7) is 7.19. The van der Waals surface area contributed by atoms with Crippen molar-refractivity contribution in [3.8, 4) is 0 Å². The van der Waals surface area contributed by atoms with Crippen molar-refractivity contribution in [2.45, 2.75) is 26.8 Å². The third kappa shape index (κ3) is 4.77. The molecular formula is C23H27N3O3. The van der Waals surface area contributed by atoms with Crippen LogP contribution >= 0.6 is 0 Å². The number of para-hydroxylation sites is 1. The number of anilines is 1. The molecule has 0 fully saturated rings. The van der Waals surface area contributed by atoms with Crippen molar-refractivity contribution < 1.29 is 14.3 Å². The van der Waals surface area contributed by atoms with Crippen LogP contribution in [0.1, 0.15) is 31.0 Å². The molecule has 1 aliphatic heterocycles. The van der Waals surface area contributed by atoms with Crippen molar-refractivity contribution in [1.82, 2.24) is 10.6 Å². The molecule has 0 saturated carbocycles. The Morgan fingerprint density at radius 3 is 2.38 bits per heavy atom. The van der Waals surface area contributed by atoms with Gasteiger partial charge in [0.05, 0.1) is 30.5 Å². The highest BCUT2D eigenvalue weighted by Crippen LogP contribution is 2.29. The monoisotopic (exact) mass is 393 g/mol. The lowest BCUT2D eigenvalue weighted by molar-refractivity contribution is -0.139. The highest BCUT2D eigenvalue weighted by atomic mass is 16.5. The van der Waals surface area contributed by atoms with E-state index in [-0.39, 0.29) is 12.6 Å². The molecule has 2 aromatic carbocycles. The van der Waals surface area contributed by atoms with Crippen LogP contribution < -0.4 is 15.5 Å². The summed E-state index contributed by atoms with van der Waals surface area (Å²) in [5.74, 6) is -0.426. The van der Waals surface area contributed by atoms with Crippen molar-refractivity contribution >= 4 is 17.7 Å². The van der Waals surface area contributed by atoms with Crippen molar-refractivity contribution in [3.63, 3.8) is 0 Å². The summed E-state index contributed by atoms with van der Waals surface area (Å²) in [4.78, 5) is 27.4. The van der Waals surface area contributed by atoms with E-state index in [0.29, 0.717) is 17.8 Å². The second-order valence-electron chi connectivity index (χ2n) is 6.90. The predicted molar refractivity (Wildman–Crippen MR) is 114 cm³/mol. The Hall–Kier alpha value is -3.28. The van der Waals surface area contributed by atoms with Gasteiger partial charge in [0.1, 0.15) is 0 Å². The number of benzene rings is 2. The van der Waals surface area contributed by atoms with Gasteiger partial charge in [-0.3, -0.25) is 0 Å². The molecule has 2 amide bonds. The average Bonchev–Trinajstić information content (AvgIpc) is 2.73. The van der Waals surface area contributed by atoms with E-state index < -0.39 is 12.0 Å². The van der Waals surface area contributed by atoms with Gasteiger partial charge in [0, 0.05) is 12.2 Å². The van der Waals surface area contributed by atoms with E-state index in [1.54, 1.807) is 6.92 Å². The van der Waals surface area contributed by atoms with Crippen molar-refractivity contribution in [2.75, 3.05) is 24.6 Å². The standard InChI is InChI=1S/C23H27N3O3/c1-4-26(18-9-7-6-8-10-18)15-19-20(22(27)29-5-2)21(25-23(28)24-19)17-13-11-16(3)12-14-17/h6-14,21H,4-5,15H2,1-3H3,(H2,24,25,28)/t21-/m0/s1. The summed E-state index contributed by atoms with van der Waals surface area (Å²) in [6.07, 6.45) is 0. The molecule has 29 heavy (non-hydrogen) atoms. The quantitative estimate of drug-likeness (QED) is 0.704. The number of likely N-dealkylation sites (N-methyl/N-ethyl adjacent to an activating group) is 1. The fourth-order valence-corrected chi connectivity index (χ4v) is 3.42. The zero-order valence-corrected chi connectivity index (χ0v) is 17.1. The van der Waals surface area contributed by atoms with Gasteiger partial charge in [-0.05, 0) is 38.5 Å². The van der Waals surface area contributed by atoms with Crippen LogP contribution in [0.5, 0.6) is 0 Å². The first-order valence-corrected chi connectivity index (χ1v) is 9.87. The van der Waals surface area contributed by atoms with Crippen molar-refractivity contribution in [3.05, 3.63) is 77.0 Å². The maximum absolute atomic E-state index is 12.9. The number of nitrogens with zero attached hydrogens (tertiary/aromatic N) is 1. The Bertz CT molecular complexity index is 891. The van der Waals surface area contributed by atoms with Gasteiger partial charge in [0.2, 0.25) is 0 Å². The van der Waals surface area contributed by atoms with Gasteiger partial charge in [0.25, 0.3) is 0 Å². The number of hydrogen-bond donors (Lipinski definition) is 2. The second-order valence-corrected chi connectivity index (χ2v) is 6.90. The summed E-state index contributed by atoms with van der Waals surface area (Å²) in [6, 6.07) is 16.8. The predicted octanol–water partition coefficient (Wildman–Crippen LogP) is 3.69. The van der Waals surface area contributed by atoms with E-state index >= 15 is 0 Å². The van der Waals surface area contributed by atoms with E-state index in [9.17, 15) is 9.59 Å². The lowest BCUT2D eigenvalue weighted by Crippen LogP contribution is -2.48. The minimum Gasteiger partial charge on any atom is -0.463 e. The van der Waals surface area contributed by atoms with Gasteiger partial charge < -0.3 is 20.3 Å². The van der Waals surface area contributed by atoms with Gasteiger partial charge >= 0.3 is 12.0 Å². The zero-order valence-electron chi connectivity index (χ0n) is 17.1. The molecule has 1 aliphatic rings. The minimum atomic E-state index is -0.562. The average molecular weight is 393 g/mol. The Morgan fingerprint density at radius 2 is 1.76 bits per heavy atom. The summed E-state index contributed by atoms with van der Waals surface area (Å²) in [7, 11) is 0. The highest BCUT2D eigenvalue weighted by Gasteiger charge is 2.34. The molecule has 1 heterocycles. The third-order valence-corrected chi connectivity index (χ3v) is 4.91. The van der Waals surface area contributed by atoms with Gasteiger partial charge in [0.15, 0.2) is 0 Å². The van der Waals surface area contributed by atoms with Crippen molar-refractivity contribution in [2.24, 2.45) is 0 Å². The molecule has 0 aromatic heterocycles. The number of nitrogens with one attached hydrogen (secondary N) is 2. The maximum Gasteiger partial charge on any atom is 0.338 e. The summed E-state index contributed by atoms with van der Waals surface area (Å²) in [5.41, 5.74) is 3.96. The second kappa shape index (κ2) is 9.28. The number of hydrogen-bond acceptors (Lipinski definition) is 4. The number of aryl methyl sites for hydroxylation is 1. The smallest absolute Gasteiger partial charge is 0.338 e. The molecule has 0 radical (unpaired) electrons. The van der Waals surface area contributed by atoms with Crippen LogP contribution in [0.25, 0.3) is 0 Å². The fraction of sp³-hybridized carbons (Fsp3) is 0.304. The molecule has 3 rings (SSSR count). The number of carbonyl (C=O) groups is 2. The number of amides is 2. The molecule has 0 unspecified atom stereocenters. The number of carbonyl (C=O) groups excluding carboxylic acids is 2. The first-order chi connectivity index (χ1) is 14.0. The van der Waals surface area contributed by atoms with Crippen LogP contribution in [0.4, 0.5) is 10.5 Å². The van der Waals surface area contributed by atoms with Crippen LogP contribution in [0.2, 0.25) is 0 Å². The lowest BCUT2D eigenvalue weighted by atomic mass is 9.94. The Morgan fingerprint density at radius 1 is 1.07 bits per heavy atom. The Labute approximate surface area is 171 Å². The van der Waals surface area contributed by atoms with Gasteiger partial charge in [-0.25, -0.2) is 9.59 Å². The minimum absolute atomic E-state index is 0.264. The fourth-order valence-electron chi connectivity index (χ4n) is 3.42. The molecule has 2 aromatic rings. The maximum atomic E-state index is 12.9. The van der Waals surface area contributed by atoms with Crippen LogP contribution in [0.15, 0.2) is 65.9 Å². The largest absolute Gasteiger partial charge is 0.463 e. The summed E-state index contributed by atoms with van der Waals surface area (Å²) >= 11 is 0. The van der Waals surface area contributed by atoms with Crippen LogP contribution in [-0.4, -0.2) is 31.7 Å². The molecule has 152 valence electrons. The summed E-state index contributed by atoms with van der Waals surface area (Å²) in [5, 5.41) is 5.71. The van der Waals surface area contributed by atoms with E-state index in [1.807, 2.05) is 68.4 Å². The zero-order chi connectivity index (χ0) is 20.8. The van der Waals surface area contributed by atoms with Crippen molar-refractivity contribution in [1.29, 1.82) is 0 Å². The molecule has 6 nitrogen and oxygen atoms in total. The lowest BCUT2D eigenvalue weighted by Gasteiger charge is -2.32. The highest BCUT2D eigenvalue weighted by molar-refractivity contribution is 5.95. The Kier molecular flexibility index (Phi) is 6.54. The molecule has 0 aliphatic carbocycles. The topological polar surface area (TPSA) is 70.7 Å². The van der Waals surface area contributed by atoms with E-state index in [2.05, 4.69) is 15.5 Å². The van der Waals surface area contributed by atoms with E-state index in [1.165, 1.54) is 0 Å². The molecule has 1 atom stereocenters. The van der Waals surface area contributed by atoms with Gasteiger partial charge in [-0.2, -0.15) is 0 Å². The molecule has 6 heteroatoms. The molecular weight excluding hydrogens is 366 g/mol. The van der Waals surface area contributed by atoms with Gasteiger partial charge in [-0.15, -0.1) is 0 Å². The van der Waals surface area contributed by atoms with Crippen LogP contribution in [0, 0.1) is 6.92 Å². The Balaban J connectivity index is 2.04. The van der Waals surface area contributed by atoms with E-state index in [0.717, 1.165) is 23.4 Å². The number of esters is 1. The van der Waals surface area contributed by atoms with Crippen LogP contribution in [-0.2, 0) is 9.53 Å². The SMILES string of the molecule is CCOC(=O)C1=C(CN(CC)c2ccccc2)NC(=O)N[C@H]1c1ccc(C)cc1.